The van der Waals surface area contributed by atoms with Crippen LogP contribution in [0.1, 0.15) is 28.4 Å². The van der Waals surface area contributed by atoms with Gasteiger partial charge in [-0.2, -0.15) is 0 Å². The van der Waals surface area contributed by atoms with E-state index in [2.05, 4.69) is 0 Å². The maximum absolute atomic E-state index is 12.7. The molecule has 0 bridgehead atoms. The minimum atomic E-state index is -0.467. The van der Waals surface area contributed by atoms with Crippen molar-refractivity contribution in [1.82, 2.24) is 0 Å². The van der Waals surface area contributed by atoms with Crippen LogP contribution in [0.5, 0.6) is 11.5 Å². The first-order valence-corrected chi connectivity index (χ1v) is 8.97. The van der Waals surface area contributed by atoms with Crippen LogP contribution in [0, 0.1) is 6.92 Å². The lowest BCUT2D eigenvalue weighted by molar-refractivity contribution is -0.145. The van der Waals surface area contributed by atoms with Crippen molar-refractivity contribution in [2.45, 2.75) is 13.8 Å². The molecule has 27 heavy (non-hydrogen) atoms. The normalized spacial score (nSPS) is 14.1. The highest BCUT2D eigenvalue weighted by atomic mass is 35.5. The van der Waals surface area contributed by atoms with Gasteiger partial charge < -0.3 is 14.2 Å². The van der Waals surface area contributed by atoms with E-state index in [-0.39, 0.29) is 24.8 Å². The molecule has 0 amide bonds. The zero-order valence-electron chi connectivity index (χ0n) is 14.7. The number of hydrogen-bond acceptors (Lipinski definition) is 5. The molecule has 2 aromatic carbocycles. The van der Waals surface area contributed by atoms with Crippen molar-refractivity contribution >= 4 is 41.0 Å². The summed E-state index contributed by atoms with van der Waals surface area (Å²) >= 11 is 12.1. The van der Waals surface area contributed by atoms with Gasteiger partial charge in [0.1, 0.15) is 11.5 Å². The third-order valence-electron chi connectivity index (χ3n) is 3.85. The number of ether oxygens (including phenoxy) is 3. The number of ketones is 1. The maximum atomic E-state index is 12.7. The van der Waals surface area contributed by atoms with Crippen LogP contribution in [0.25, 0.3) is 6.08 Å². The molecule has 0 aromatic heterocycles. The van der Waals surface area contributed by atoms with Crippen molar-refractivity contribution in [3.63, 3.8) is 0 Å². The molecule has 1 heterocycles. The second kappa shape index (κ2) is 8.03. The quantitative estimate of drug-likeness (QED) is 0.523. The number of allylic oxidation sites excluding steroid dienone is 1. The van der Waals surface area contributed by atoms with Crippen molar-refractivity contribution in [2.75, 3.05) is 13.2 Å². The van der Waals surface area contributed by atoms with Crippen molar-refractivity contribution in [1.29, 1.82) is 0 Å². The fourth-order valence-electron chi connectivity index (χ4n) is 2.67. The Hall–Kier alpha value is -2.50. The molecule has 0 saturated heterocycles. The molecule has 0 saturated carbocycles. The van der Waals surface area contributed by atoms with E-state index in [1.165, 1.54) is 0 Å². The summed E-state index contributed by atoms with van der Waals surface area (Å²) < 4.78 is 16.0. The molecule has 0 N–H and O–H groups in total. The van der Waals surface area contributed by atoms with E-state index in [1.807, 2.05) is 0 Å². The lowest BCUT2D eigenvalue weighted by Crippen LogP contribution is -2.14. The predicted molar refractivity (Wildman–Crippen MR) is 103 cm³/mol. The highest BCUT2D eigenvalue weighted by Gasteiger charge is 2.30. The fourth-order valence-corrected chi connectivity index (χ4v) is 3.13. The van der Waals surface area contributed by atoms with E-state index in [4.69, 9.17) is 37.4 Å². The van der Waals surface area contributed by atoms with Gasteiger partial charge in [-0.25, -0.2) is 4.79 Å². The van der Waals surface area contributed by atoms with Crippen LogP contribution in [0.2, 0.25) is 10.0 Å². The zero-order chi connectivity index (χ0) is 19.6. The van der Waals surface area contributed by atoms with Gasteiger partial charge in [-0.3, -0.25) is 4.79 Å². The number of aryl methyl sites for hydroxylation is 1. The molecule has 0 spiro atoms. The minimum absolute atomic E-state index is 0.153. The molecular weight excluding hydrogens is 391 g/mol. The Morgan fingerprint density at radius 1 is 1.22 bits per heavy atom. The molecule has 0 fully saturated rings. The number of rotatable bonds is 5. The SMILES string of the molecule is CCOC(=O)COc1cc(C)c2c(c1)O/C(=C\c1ccc(Cl)cc1Cl)C2=O. The van der Waals surface area contributed by atoms with Gasteiger partial charge in [-0.15, -0.1) is 0 Å². The molecule has 0 unspecified atom stereocenters. The molecule has 7 heteroatoms. The van der Waals surface area contributed by atoms with Gasteiger partial charge in [-0.1, -0.05) is 29.3 Å². The fraction of sp³-hybridized carbons (Fsp3) is 0.200. The summed E-state index contributed by atoms with van der Waals surface area (Å²) in [5.41, 5.74) is 1.76. The molecular formula is C20H16Cl2O5. The van der Waals surface area contributed by atoms with Crippen molar-refractivity contribution in [2.24, 2.45) is 0 Å². The molecule has 0 aliphatic carbocycles. The molecule has 1 aliphatic heterocycles. The summed E-state index contributed by atoms with van der Waals surface area (Å²) in [5.74, 6) is 0.226. The number of fused-ring (bicyclic) bond motifs is 1. The Balaban J connectivity index is 1.85. The third-order valence-corrected chi connectivity index (χ3v) is 4.42. The van der Waals surface area contributed by atoms with Crippen LogP contribution in [0.3, 0.4) is 0 Å². The largest absolute Gasteiger partial charge is 0.482 e. The molecule has 0 radical (unpaired) electrons. The van der Waals surface area contributed by atoms with Crippen molar-refractivity contribution in [3.05, 3.63) is 62.8 Å². The van der Waals surface area contributed by atoms with Crippen LogP contribution < -0.4 is 9.47 Å². The Labute approximate surface area is 166 Å². The zero-order valence-corrected chi connectivity index (χ0v) is 16.2. The second-order valence-electron chi connectivity index (χ2n) is 5.81. The second-order valence-corrected chi connectivity index (χ2v) is 6.66. The van der Waals surface area contributed by atoms with Gasteiger partial charge in [0.05, 0.1) is 12.2 Å². The van der Waals surface area contributed by atoms with E-state index in [0.717, 1.165) is 0 Å². The molecule has 5 nitrogen and oxygen atoms in total. The first-order valence-electron chi connectivity index (χ1n) is 8.21. The van der Waals surface area contributed by atoms with E-state index < -0.39 is 5.97 Å². The van der Waals surface area contributed by atoms with Gasteiger partial charge in [0.2, 0.25) is 5.78 Å². The summed E-state index contributed by atoms with van der Waals surface area (Å²) in [4.78, 5) is 24.1. The Bertz CT molecular complexity index is 950. The number of carbonyl (C=O) groups is 2. The highest BCUT2D eigenvalue weighted by Crippen LogP contribution is 2.38. The van der Waals surface area contributed by atoms with Crippen LogP contribution >= 0.6 is 23.2 Å². The molecule has 0 atom stereocenters. The van der Waals surface area contributed by atoms with E-state index in [0.29, 0.717) is 38.2 Å². The summed E-state index contributed by atoms with van der Waals surface area (Å²) in [6, 6.07) is 8.23. The van der Waals surface area contributed by atoms with E-state index in [1.54, 1.807) is 50.3 Å². The molecule has 140 valence electrons. The number of halogens is 2. The van der Waals surface area contributed by atoms with E-state index >= 15 is 0 Å². The Morgan fingerprint density at radius 2 is 2.00 bits per heavy atom. The van der Waals surface area contributed by atoms with Crippen LogP contribution in [-0.4, -0.2) is 25.0 Å². The van der Waals surface area contributed by atoms with Gasteiger partial charge in [0, 0.05) is 16.1 Å². The smallest absolute Gasteiger partial charge is 0.344 e. The van der Waals surface area contributed by atoms with Gasteiger partial charge >= 0.3 is 5.97 Å². The number of hydrogen-bond donors (Lipinski definition) is 0. The maximum Gasteiger partial charge on any atom is 0.344 e. The van der Waals surface area contributed by atoms with Gasteiger partial charge in [-0.05, 0) is 49.2 Å². The topological polar surface area (TPSA) is 61.8 Å². The first-order chi connectivity index (χ1) is 12.9. The molecule has 2 aromatic rings. The van der Waals surface area contributed by atoms with Gasteiger partial charge in [0.25, 0.3) is 0 Å². The number of benzene rings is 2. The summed E-state index contributed by atoms with van der Waals surface area (Å²) in [7, 11) is 0. The summed E-state index contributed by atoms with van der Waals surface area (Å²) in [6.45, 7) is 3.56. The number of carbonyl (C=O) groups excluding carboxylic acids is 2. The average Bonchev–Trinajstić information content (AvgIpc) is 2.92. The van der Waals surface area contributed by atoms with E-state index in [9.17, 15) is 9.59 Å². The number of Topliss-reactive ketones (excluding diaryl/α,β-unsaturated/α-hetero) is 1. The standard InChI is InChI=1S/C20H16Cl2O5/c1-3-25-18(23)10-26-14-6-11(2)19-16(9-14)27-17(20(19)24)7-12-4-5-13(21)8-15(12)22/h4-9H,3,10H2,1-2H3/b17-7-. The van der Waals surface area contributed by atoms with Crippen LogP contribution in [0.15, 0.2) is 36.1 Å². The van der Waals surface area contributed by atoms with Crippen molar-refractivity contribution in [3.8, 4) is 11.5 Å². The average molecular weight is 407 g/mol. The first kappa shape index (κ1) is 19.3. The number of esters is 1. The molecule has 3 rings (SSSR count). The van der Waals surface area contributed by atoms with Crippen LogP contribution in [-0.2, 0) is 9.53 Å². The van der Waals surface area contributed by atoms with Crippen molar-refractivity contribution < 1.29 is 23.8 Å². The third kappa shape index (κ3) is 4.26. The Kier molecular flexibility index (Phi) is 5.73. The minimum Gasteiger partial charge on any atom is -0.482 e. The van der Waals surface area contributed by atoms with Gasteiger partial charge in [0.15, 0.2) is 12.4 Å². The lowest BCUT2D eigenvalue weighted by atomic mass is 10.0. The lowest BCUT2D eigenvalue weighted by Gasteiger charge is -2.08. The Morgan fingerprint density at radius 3 is 2.70 bits per heavy atom. The summed E-state index contributed by atoms with van der Waals surface area (Å²) in [5, 5.41) is 0.917. The summed E-state index contributed by atoms with van der Waals surface area (Å²) in [6.07, 6.45) is 1.57. The van der Waals surface area contributed by atoms with Crippen LogP contribution in [0.4, 0.5) is 0 Å². The predicted octanol–water partition coefficient (Wildman–Crippen LogP) is 4.86. The monoisotopic (exact) mass is 406 g/mol. The highest BCUT2D eigenvalue weighted by molar-refractivity contribution is 6.35. The molecule has 1 aliphatic rings.